The fourth-order valence-corrected chi connectivity index (χ4v) is 3.19. The minimum atomic E-state index is 0.257. The van der Waals surface area contributed by atoms with Gasteiger partial charge in [0.15, 0.2) is 0 Å². The van der Waals surface area contributed by atoms with Gasteiger partial charge in [0.25, 0.3) is 0 Å². The van der Waals surface area contributed by atoms with Crippen molar-refractivity contribution in [2.24, 2.45) is 5.92 Å². The van der Waals surface area contributed by atoms with Crippen LogP contribution in [-0.2, 0) is 4.74 Å². The van der Waals surface area contributed by atoms with Crippen molar-refractivity contribution in [2.75, 3.05) is 13.1 Å². The Hall–Kier alpha value is -0.0800. The van der Waals surface area contributed by atoms with Crippen LogP contribution in [-0.4, -0.2) is 24.8 Å². The van der Waals surface area contributed by atoms with E-state index in [0.29, 0.717) is 6.10 Å². The average Bonchev–Trinajstić information content (AvgIpc) is 2.29. The van der Waals surface area contributed by atoms with E-state index in [4.69, 9.17) is 4.74 Å². The zero-order chi connectivity index (χ0) is 12.1. The Labute approximate surface area is 107 Å². The maximum atomic E-state index is 6.47. The molecule has 0 spiro atoms. The van der Waals surface area contributed by atoms with E-state index >= 15 is 0 Å². The Morgan fingerprint density at radius 1 is 1.18 bits per heavy atom. The maximum Gasteiger partial charge on any atom is 0.0698 e. The van der Waals surface area contributed by atoms with Crippen molar-refractivity contribution in [1.82, 2.24) is 5.32 Å². The molecule has 2 rings (SSSR count). The smallest absolute Gasteiger partial charge is 0.0698 e. The summed E-state index contributed by atoms with van der Waals surface area (Å²) in [5.41, 5.74) is 0.257. The van der Waals surface area contributed by atoms with Crippen molar-refractivity contribution < 1.29 is 4.74 Å². The Morgan fingerprint density at radius 2 is 1.88 bits per heavy atom. The van der Waals surface area contributed by atoms with Crippen LogP contribution in [0.3, 0.4) is 0 Å². The monoisotopic (exact) mass is 239 g/mol. The van der Waals surface area contributed by atoms with Gasteiger partial charge in [0, 0.05) is 0 Å². The highest BCUT2D eigenvalue weighted by atomic mass is 16.5. The van der Waals surface area contributed by atoms with Crippen molar-refractivity contribution in [2.45, 2.75) is 76.9 Å². The number of nitrogens with one attached hydrogen (secondary N) is 1. The second-order valence-corrected chi connectivity index (χ2v) is 6.14. The summed E-state index contributed by atoms with van der Waals surface area (Å²) in [6.07, 6.45) is 11.1. The molecule has 1 N–H and O–H groups in total. The molecule has 0 atom stereocenters. The lowest BCUT2D eigenvalue weighted by molar-refractivity contribution is -0.153. The van der Waals surface area contributed by atoms with Crippen LogP contribution in [0.2, 0.25) is 0 Å². The molecule has 2 nitrogen and oxygen atoms in total. The molecule has 0 unspecified atom stereocenters. The standard InChI is InChI=1S/C15H29NO/c1-3-16-12-11-15(9-4-10-15)17-14-7-5-13(2)6-8-14/h13-14,16H,3-12H2,1-2H3. The molecule has 2 aliphatic carbocycles. The summed E-state index contributed by atoms with van der Waals surface area (Å²) >= 11 is 0. The summed E-state index contributed by atoms with van der Waals surface area (Å²) in [5, 5.41) is 3.44. The third-order valence-electron chi connectivity index (χ3n) is 4.65. The van der Waals surface area contributed by atoms with Crippen molar-refractivity contribution in [3.8, 4) is 0 Å². The summed E-state index contributed by atoms with van der Waals surface area (Å²) in [6, 6.07) is 0. The highest BCUT2D eigenvalue weighted by Gasteiger charge is 2.39. The SMILES string of the molecule is CCNCCC1(OC2CCC(C)CC2)CCC1. The molecule has 0 aromatic rings. The van der Waals surface area contributed by atoms with E-state index in [1.54, 1.807) is 0 Å². The number of ether oxygens (including phenoxy) is 1. The number of hydrogen-bond donors (Lipinski definition) is 1. The van der Waals surface area contributed by atoms with Crippen LogP contribution in [0, 0.1) is 5.92 Å². The lowest BCUT2D eigenvalue weighted by Crippen LogP contribution is -2.45. The molecule has 0 aliphatic heterocycles. The van der Waals surface area contributed by atoms with Gasteiger partial charge in [-0.05, 0) is 70.4 Å². The van der Waals surface area contributed by atoms with Crippen molar-refractivity contribution in [3.63, 3.8) is 0 Å². The molecule has 0 saturated heterocycles. The van der Waals surface area contributed by atoms with Crippen LogP contribution in [0.15, 0.2) is 0 Å². The maximum absolute atomic E-state index is 6.47. The van der Waals surface area contributed by atoms with Gasteiger partial charge in [0.2, 0.25) is 0 Å². The minimum Gasteiger partial charge on any atom is -0.372 e. The van der Waals surface area contributed by atoms with E-state index in [1.807, 2.05) is 0 Å². The summed E-state index contributed by atoms with van der Waals surface area (Å²) in [6.45, 7) is 6.76. The average molecular weight is 239 g/mol. The van der Waals surface area contributed by atoms with Crippen molar-refractivity contribution in [1.29, 1.82) is 0 Å². The molecule has 2 fully saturated rings. The van der Waals surface area contributed by atoms with Gasteiger partial charge in [-0.15, -0.1) is 0 Å². The van der Waals surface area contributed by atoms with E-state index in [0.717, 1.165) is 19.0 Å². The Kier molecular flexibility index (Phi) is 4.87. The molecule has 0 radical (unpaired) electrons. The second-order valence-electron chi connectivity index (χ2n) is 6.14. The first-order valence-electron chi connectivity index (χ1n) is 7.63. The molecule has 0 bridgehead atoms. The summed E-state index contributed by atoms with van der Waals surface area (Å²) in [4.78, 5) is 0. The molecule has 0 aromatic heterocycles. The first kappa shape index (κ1) is 13.4. The predicted octanol–water partition coefficient (Wildman–Crippen LogP) is 3.50. The first-order valence-corrected chi connectivity index (χ1v) is 7.63. The van der Waals surface area contributed by atoms with E-state index < -0.39 is 0 Å². The van der Waals surface area contributed by atoms with Gasteiger partial charge in [-0.25, -0.2) is 0 Å². The molecule has 0 heterocycles. The molecule has 0 aromatic carbocycles. The topological polar surface area (TPSA) is 21.3 Å². The third kappa shape index (κ3) is 3.69. The summed E-state index contributed by atoms with van der Waals surface area (Å²) < 4.78 is 6.47. The predicted molar refractivity (Wildman–Crippen MR) is 72.2 cm³/mol. The Balaban J connectivity index is 1.74. The Bertz CT molecular complexity index is 217. The molecule has 2 saturated carbocycles. The van der Waals surface area contributed by atoms with Crippen LogP contribution in [0.5, 0.6) is 0 Å². The highest BCUT2D eigenvalue weighted by molar-refractivity contribution is 4.91. The molecular formula is C15H29NO. The van der Waals surface area contributed by atoms with E-state index in [-0.39, 0.29) is 5.60 Å². The fourth-order valence-electron chi connectivity index (χ4n) is 3.19. The van der Waals surface area contributed by atoms with Crippen LogP contribution in [0.1, 0.15) is 65.2 Å². The van der Waals surface area contributed by atoms with Gasteiger partial charge in [-0.3, -0.25) is 0 Å². The zero-order valence-corrected chi connectivity index (χ0v) is 11.6. The third-order valence-corrected chi connectivity index (χ3v) is 4.65. The van der Waals surface area contributed by atoms with Crippen LogP contribution < -0.4 is 5.32 Å². The summed E-state index contributed by atoms with van der Waals surface area (Å²) in [5.74, 6) is 0.925. The molecule has 2 aliphatic rings. The Morgan fingerprint density at radius 3 is 2.41 bits per heavy atom. The molecule has 0 amide bonds. The van der Waals surface area contributed by atoms with Crippen LogP contribution >= 0.6 is 0 Å². The van der Waals surface area contributed by atoms with E-state index in [1.165, 1.54) is 51.4 Å². The highest BCUT2D eigenvalue weighted by Crippen LogP contribution is 2.41. The molecule has 17 heavy (non-hydrogen) atoms. The normalized spacial score (nSPS) is 32.1. The lowest BCUT2D eigenvalue weighted by atomic mass is 9.76. The van der Waals surface area contributed by atoms with Gasteiger partial charge in [0.05, 0.1) is 11.7 Å². The largest absolute Gasteiger partial charge is 0.372 e. The van der Waals surface area contributed by atoms with Gasteiger partial charge in [-0.2, -0.15) is 0 Å². The van der Waals surface area contributed by atoms with Gasteiger partial charge < -0.3 is 10.1 Å². The van der Waals surface area contributed by atoms with Crippen LogP contribution in [0.4, 0.5) is 0 Å². The summed E-state index contributed by atoms with van der Waals surface area (Å²) in [7, 11) is 0. The molecular weight excluding hydrogens is 210 g/mol. The number of rotatable bonds is 6. The molecule has 2 heteroatoms. The van der Waals surface area contributed by atoms with E-state index in [9.17, 15) is 0 Å². The van der Waals surface area contributed by atoms with Crippen molar-refractivity contribution in [3.05, 3.63) is 0 Å². The minimum absolute atomic E-state index is 0.257. The zero-order valence-electron chi connectivity index (χ0n) is 11.6. The van der Waals surface area contributed by atoms with Gasteiger partial charge in [0.1, 0.15) is 0 Å². The van der Waals surface area contributed by atoms with Gasteiger partial charge in [-0.1, -0.05) is 13.8 Å². The first-order chi connectivity index (χ1) is 8.24. The van der Waals surface area contributed by atoms with Crippen LogP contribution in [0.25, 0.3) is 0 Å². The van der Waals surface area contributed by atoms with Crippen molar-refractivity contribution >= 4 is 0 Å². The quantitative estimate of drug-likeness (QED) is 0.716. The lowest BCUT2D eigenvalue weighted by Gasteiger charge is -2.45. The van der Waals surface area contributed by atoms with Gasteiger partial charge >= 0.3 is 0 Å². The molecule has 100 valence electrons. The van der Waals surface area contributed by atoms with E-state index in [2.05, 4.69) is 19.2 Å². The second kappa shape index (κ2) is 6.19. The number of hydrogen-bond acceptors (Lipinski definition) is 2. The fraction of sp³-hybridized carbons (Fsp3) is 1.00.